The lowest BCUT2D eigenvalue weighted by molar-refractivity contribution is -0.0250. The predicted octanol–water partition coefficient (Wildman–Crippen LogP) is 10.5. The molecule has 0 bridgehead atoms. The second-order valence-corrected chi connectivity index (χ2v) is 14.3. The van der Waals surface area contributed by atoms with E-state index in [4.69, 9.17) is 42.6 Å². The van der Waals surface area contributed by atoms with Gasteiger partial charge in [-0.05, 0) is 12.8 Å². The third-order valence-corrected chi connectivity index (χ3v) is 9.26. The Morgan fingerprint density at radius 3 is 0.453 bits per heavy atom. The maximum Gasteiger partial charge on any atom is 0.0701 e. The minimum atomic E-state index is 0.544. The second-order valence-electron chi connectivity index (χ2n) is 14.3. The lowest BCUT2D eigenvalue weighted by Crippen LogP contribution is -2.15. The molecule has 0 aliphatic rings. The molecule has 0 aliphatic heterocycles. The van der Waals surface area contributed by atoms with Crippen LogP contribution < -0.4 is 0 Å². The van der Waals surface area contributed by atoms with Gasteiger partial charge in [-0.1, -0.05) is 155 Å². The van der Waals surface area contributed by atoms with Gasteiger partial charge in [-0.3, -0.25) is 0 Å². The van der Waals surface area contributed by atoms with Crippen molar-refractivity contribution in [1.29, 1.82) is 0 Å². The van der Waals surface area contributed by atoms with Gasteiger partial charge in [-0.2, -0.15) is 0 Å². The molecule has 9 heteroatoms. The van der Waals surface area contributed by atoms with Crippen LogP contribution in [0, 0.1) is 0 Å². The normalized spacial score (nSPS) is 11.7. The third kappa shape index (κ3) is 51.6. The number of hydrogen-bond acceptors (Lipinski definition) is 9. The van der Waals surface area contributed by atoms with E-state index in [9.17, 15) is 0 Å². The zero-order valence-electron chi connectivity index (χ0n) is 35.4. The molecule has 53 heavy (non-hydrogen) atoms. The first-order chi connectivity index (χ1) is 26.4. The molecule has 0 aliphatic carbocycles. The zero-order chi connectivity index (χ0) is 38.1. The molecule has 0 atom stereocenters. The van der Waals surface area contributed by atoms with Crippen molar-refractivity contribution >= 4 is 0 Å². The molecular formula is C44H90O9. The van der Waals surface area contributed by atoms with Crippen LogP contribution >= 0.6 is 0 Å². The monoisotopic (exact) mass is 763 g/mol. The molecule has 0 amide bonds. The first kappa shape index (κ1) is 52.6. The van der Waals surface area contributed by atoms with Crippen LogP contribution in [0.25, 0.3) is 0 Å². The number of ether oxygens (including phenoxy) is 9. The molecule has 320 valence electrons. The molecule has 0 unspecified atom stereocenters. The quantitative estimate of drug-likeness (QED) is 0.0563. The Labute approximate surface area is 328 Å². The molecule has 0 aromatic rings. The first-order valence-corrected chi connectivity index (χ1v) is 22.6. The predicted molar refractivity (Wildman–Crippen MR) is 220 cm³/mol. The Hall–Kier alpha value is -0.360. The third-order valence-electron chi connectivity index (χ3n) is 9.26. The summed E-state index contributed by atoms with van der Waals surface area (Å²) in [7, 11) is 0. The van der Waals surface area contributed by atoms with E-state index in [1.54, 1.807) is 0 Å². The van der Waals surface area contributed by atoms with Gasteiger partial charge in [0.25, 0.3) is 0 Å². The highest BCUT2D eigenvalue weighted by atomic mass is 16.6. The molecule has 0 N–H and O–H groups in total. The fourth-order valence-corrected chi connectivity index (χ4v) is 5.95. The molecule has 0 radical (unpaired) electrons. The largest absolute Gasteiger partial charge is 0.379 e. The van der Waals surface area contributed by atoms with Crippen LogP contribution in [0.1, 0.15) is 168 Å². The van der Waals surface area contributed by atoms with E-state index in [1.807, 2.05) is 0 Å². The first-order valence-electron chi connectivity index (χ1n) is 22.6. The van der Waals surface area contributed by atoms with Gasteiger partial charge in [-0.25, -0.2) is 0 Å². The van der Waals surface area contributed by atoms with Gasteiger partial charge in [0.1, 0.15) is 0 Å². The van der Waals surface area contributed by atoms with E-state index in [1.165, 1.54) is 141 Å². The topological polar surface area (TPSA) is 83.1 Å². The number of rotatable bonds is 50. The van der Waals surface area contributed by atoms with Crippen LogP contribution in [0.15, 0.2) is 0 Å². The van der Waals surface area contributed by atoms with Crippen molar-refractivity contribution in [2.45, 2.75) is 168 Å². The van der Waals surface area contributed by atoms with E-state index in [0.717, 1.165) is 26.1 Å². The number of hydrogen-bond donors (Lipinski definition) is 0. The number of unbranched alkanes of at least 4 members (excludes halogenated alkanes) is 22. The fourth-order valence-electron chi connectivity index (χ4n) is 5.95. The maximum absolute atomic E-state index is 5.70. The molecule has 0 rings (SSSR count). The average molecular weight is 763 g/mol. The Morgan fingerprint density at radius 1 is 0.151 bits per heavy atom. The molecule has 0 saturated heterocycles. The van der Waals surface area contributed by atoms with E-state index in [0.29, 0.717) is 106 Å². The summed E-state index contributed by atoms with van der Waals surface area (Å²) in [5.41, 5.74) is 0. The summed E-state index contributed by atoms with van der Waals surface area (Å²) in [4.78, 5) is 0. The summed E-state index contributed by atoms with van der Waals surface area (Å²) in [5, 5.41) is 0. The highest BCUT2D eigenvalue weighted by Crippen LogP contribution is 2.14. The molecule has 0 heterocycles. The van der Waals surface area contributed by atoms with Crippen molar-refractivity contribution < 1.29 is 42.6 Å². The lowest BCUT2D eigenvalue weighted by Gasteiger charge is -2.09. The molecule has 0 aromatic heterocycles. The molecule has 0 aromatic carbocycles. The van der Waals surface area contributed by atoms with Gasteiger partial charge in [0.2, 0.25) is 0 Å². The van der Waals surface area contributed by atoms with Gasteiger partial charge in [-0.15, -0.1) is 0 Å². The fraction of sp³-hybridized carbons (Fsp3) is 1.00. The van der Waals surface area contributed by atoms with Crippen molar-refractivity contribution in [1.82, 2.24) is 0 Å². The van der Waals surface area contributed by atoms with Crippen LogP contribution in [-0.4, -0.2) is 119 Å². The Kier molecular flexibility index (Phi) is 51.3. The van der Waals surface area contributed by atoms with Crippen molar-refractivity contribution in [2.24, 2.45) is 0 Å². The van der Waals surface area contributed by atoms with Crippen molar-refractivity contribution in [3.63, 3.8) is 0 Å². The summed E-state index contributed by atoms with van der Waals surface area (Å²) in [6.45, 7) is 15.5. The maximum atomic E-state index is 5.70. The Morgan fingerprint density at radius 2 is 0.283 bits per heavy atom. The SMILES string of the molecule is CCCCCCCCCCCCCCCCCCOCCOCCOCCOCCOCCOCCOCCOCCOCCCCCCCCCC. The van der Waals surface area contributed by atoms with Crippen LogP contribution in [0.3, 0.4) is 0 Å². The van der Waals surface area contributed by atoms with Crippen molar-refractivity contribution in [3.8, 4) is 0 Å². The lowest BCUT2D eigenvalue weighted by atomic mass is 10.0. The van der Waals surface area contributed by atoms with Crippen LogP contribution in [0.2, 0.25) is 0 Å². The van der Waals surface area contributed by atoms with Gasteiger partial charge in [0.05, 0.1) is 106 Å². The smallest absolute Gasteiger partial charge is 0.0701 e. The van der Waals surface area contributed by atoms with E-state index >= 15 is 0 Å². The second kappa shape index (κ2) is 51.6. The van der Waals surface area contributed by atoms with E-state index < -0.39 is 0 Å². The van der Waals surface area contributed by atoms with E-state index in [-0.39, 0.29) is 0 Å². The highest BCUT2D eigenvalue weighted by molar-refractivity contribution is 4.50. The minimum Gasteiger partial charge on any atom is -0.379 e. The van der Waals surface area contributed by atoms with Gasteiger partial charge in [0, 0.05) is 13.2 Å². The minimum absolute atomic E-state index is 0.544. The van der Waals surface area contributed by atoms with E-state index in [2.05, 4.69) is 13.8 Å². The molecule has 0 spiro atoms. The molecular weight excluding hydrogens is 672 g/mol. The summed E-state index contributed by atoms with van der Waals surface area (Å²) < 4.78 is 50.2. The van der Waals surface area contributed by atoms with Gasteiger partial charge < -0.3 is 42.6 Å². The van der Waals surface area contributed by atoms with Crippen molar-refractivity contribution in [2.75, 3.05) is 119 Å². The molecule has 9 nitrogen and oxygen atoms in total. The summed E-state index contributed by atoms with van der Waals surface area (Å²) in [5.74, 6) is 0. The summed E-state index contributed by atoms with van der Waals surface area (Å²) in [6, 6.07) is 0. The Bertz CT molecular complexity index is 563. The van der Waals surface area contributed by atoms with Crippen molar-refractivity contribution in [3.05, 3.63) is 0 Å². The highest BCUT2D eigenvalue weighted by Gasteiger charge is 1.98. The Balaban J connectivity index is 3.05. The van der Waals surface area contributed by atoms with Crippen LogP contribution in [-0.2, 0) is 42.6 Å². The van der Waals surface area contributed by atoms with Gasteiger partial charge >= 0.3 is 0 Å². The molecule has 0 fully saturated rings. The summed E-state index contributed by atoms with van der Waals surface area (Å²) in [6.07, 6.45) is 32.8. The molecule has 0 saturated carbocycles. The average Bonchev–Trinajstić information content (AvgIpc) is 3.17. The zero-order valence-corrected chi connectivity index (χ0v) is 35.4. The standard InChI is InChI=1S/C44H90O9/c1-3-5-7-9-11-13-14-15-16-17-18-19-20-22-24-26-28-46-30-32-48-34-36-50-38-40-52-42-44-53-43-41-51-39-37-49-35-33-47-31-29-45-27-25-23-21-12-10-8-6-4-2/h3-44H2,1-2H3. The van der Waals surface area contributed by atoms with Gasteiger partial charge in [0.15, 0.2) is 0 Å². The van der Waals surface area contributed by atoms with Crippen LogP contribution in [0.4, 0.5) is 0 Å². The van der Waals surface area contributed by atoms with Crippen LogP contribution in [0.5, 0.6) is 0 Å². The summed E-state index contributed by atoms with van der Waals surface area (Å²) >= 11 is 0.